The number of hydrogen-bond acceptors (Lipinski definition) is 4. The molecule has 142 valence electrons. The van der Waals surface area contributed by atoms with E-state index >= 15 is 0 Å². The summed E-state index contributed by atoms with van der Waals surface area (Å²) >= 11 is 11.2. The van der Waals surface area contributed by atoms with Crippen molar-refractivity contribution in [1.29, 1.82) is 0 Å². The quantitative estimate of drug-likeness (QED) is 0.543. The lowest BCUT2D eigenvalue weighted by atomic mass is 10.1. The molecule has 0 fully saturated rings. The van der Waals surface area contributed by atoms with Gasteiger partial charge in [0, 0.05) is 11.4 Å². The van der Waals surface area contributed by atoms with E-state index in [4.69, 9.17) is 28.2 Å². The zero-order valence-electron chi connectivity index (χ0n) is 14.8. The lowest BCUT2D eigenvalue weighted by Crippen LogP contribution is -2.34. The summed E-state index contributed by atoms with van der Waals surface area (Å²) in [5.74, 6) is -0.574. The summed E-state index contributed by atoms with van der Waals surface area (Å²) in [5, 5.41) is 8.74. The van der Waals surface area contributed by atoms with Gasteiger partial charge in [-0.2, -0.15) is 0 Å². The van der Waals surface area contributed by atoms with E-state index in [-0.39, 0.29) is 16.8 Å². The average molecular weight is 414 g/mol. The SMILES string of the molecule is Cc1ccc(NC(=O)c2ccco2)cc1NC(=S)NC(=O)c1ccccc1Cl. The Balaban J connectivity index is 1.68. The van der Waals surface area contributed by atoms with Gasteiger partial charge < -0.3 is 15.1 Å². The summed E-state index contributed by atoms with van der Waals surface area (Å²) in [7, 11) is 0. The van der Waals surface area contributed by atoms with Gasteiger partial charge >= 0.3 is 0 Å². The molecule has 3 N–H and O–H groups in total. The van der Waals surface area contributed by atoms with Crippen LogP contribution in [-0.4, -0.2) is 16.9 Å². The maximum absolute atomic E-state index is 12.3. The van der Waals surface area contributed by atoms with Crippen LogP contribution in [0.3, 0.4) is 0 Å². The summed E-state index contributed by atoms with van der Waals surface area (Å²) in [6.07, 6.45) is 1.43. The second-order valence-corrected chi connectivity index (χ2v) is 6.66. The lowest BCUT2D eigenvalue weighted by molar-refractivity contribution is 0.0975. The fourth-order valence-corrected chi connectivity index (χ4v) is 2.83. The van der Waals surface area contributed by atoms with Gasteiger partial charge in [-0.05, 0) is 61.1 Å². The monoisotopic (exact) mass is 413 g/mol. The van der Waals surface area contributed by atoms with Crippen molar-refractivity contribution in [3.05, 3.63) is 82.8 Å². The predicted octanol–water partition coefficient (Wildman–Crippen LogP) is 4.62. The van der Waals surface area contributed by atoms with Crippen molar-refractivity contribution in [2.24, 2.45) is 0 Å². The second-order valence-electron chi connectivity index (χ2n) is 5.85. The molecular formula is C20H16ClN3O3S. The van der Waals surface area contributed by atoms with Crippen LogP contribution < -0.4 is 16.0 Å². The minimum Gasteiger partial charge on any atom is -0.459 e. The third kappa shape index (κ3) is 4.76. The lowest BCUT2D eigenvalue weighted by Gasteiger charge is -2.14. The molecule has 2 amide bonds. The first-order valence-electron chi connectivity index (χ1n) is 8.26. The fraction of sp³-hybridized carbons (Fsp3) is 0.0500. The van der Waals surface area contributed by atoms with E-state index in [9.17, 15) is 9.59 Å². The molecule has 3 rings (SSSR count). The fourth-order valence-electron chi connectivity index (χ4n) is 2.40. The van der Waals surface area contributed by atoms with Gasteiger partial charge in [0.2, 0.25) is 0 Å². The van der Waals surface area contributed by atoms with Crippen molar-refractivity contribution < 1.29 is 14.0 Å². The number of nitrogens with one attached hydrogen (secondary N) is 3. The first kappa shape index (κ1) is 19.6. The third-order valence-corrected chi connectivity index (χ3v) is 4.37. The van der Waals surface area contributed by atoms with Gasteiger partial charge in [-0.25, -0.2) is 0 Å². The van der Waals surface area contributed by atoms with Crippen molar-refractivity contribution in [3.8, 4) is 0 Å². The molecule has 0 radical (unpaired) electrons. The molecule has 3 aromatic rings. The van der Waals surface area contributed by atoms with Crippen LogP contribution in [0.5, 0.6) is 0 Å². The van der Waals surface area contributed by atoms with Gasteiger partial charge in [0.25, 0.3) is 11.8 Å². The van der Waals surface area contributed by atoms with E-state index in [1.807, 2.05) is 13.0 Å². The van der Waals surface area contributed by atoms with Crippen molar-refractivity contribution in [2.75, 3.05) is 10.6 Å². The number of hydrogen-bond donors (Lipinski definition) is 3. The number of carbonyl (C=O) groups excluding carboxylic acids is 2. The Bertz CT molecular complexity index is 1030. The van der Waals surface area contributed by atoms with Crippen LogP contribution in [0, 0.1) is 6.92 Å². The number of carbonyl (C=O) groups is 2. The van der Waals surface area contributed by atoms with Crippen molar-refractivity contribution in [2.45, 2.75) is 6.92 Å². The zero-order chi connectivity index (χ0) is 20.1. The van der Waals surface area contributed by atoms with Gasteiger partial charge in [-0.3, -0.25) is 14.9 Å². The van der Waals surface area contributed by atoms with Crippen LogP contribution in [0.1, 0.15) is 26.5 Å². The Morgan fingerprint density at radius 1 is 1.00 bits per heavy atom. The number of anilines is 2. The smallest absolute Gasteiger partial charge is 0.291 e. The number of rotatable bonds is 4. The molecule has 6 nitrogen and oxygen atoms in total. The van der Waals surface area contributed by atoms with Crippen LogP contribution in [0.15, 0.2) is 65.3 Å². The van der Waals surface area contributed by atoms with Crippen molar-refractivity contribution in [3.63, 3.8) is 0 Å². The molecule has 0 atom stereocenters. The van der Waals surface area contributed by atoms with Gasteiger partial charge in [0.15, 0.2) is 10.9 Å². The molecule has 1 heterocycles. The molecule has 0 aliphatic carbocycles. The largest absolute Gasteiger partial charge is 0.459 e. The zero-order valence-corrected chi connectivity index (χ0v) is 16.4. The summed E-state index contributed by atoms with van der Waals surface area (Å²) < 4.78 is 5.07. The summed E-state index contributed by atoms with van der Waals surface area (Å²) in [5.41, 5.74) is 2.39. The molecule has 0 saturated carbocycles. The molecule has 0 saturated heterocycles. The summed E-state index contributed by atoms with van der Waals surface area (Å²) in [6, 6.07) is 15.2. The predicted molar refractivity (Wildman–Crippen MR) is 113 cm³/mol. The van der Waals surface area contributed by atoms with E-state index in [1.54, 1.807) is 48.5 Å². The van der Waals surface area contributed by atoms with Crippen LogP contribution in [0.4, 0.5) is 11.4 Å². The van der Waals surface area contributed by atoms with Crippen LogP contribution in [0.25, 0.3) is 0 Å². The minimum atomic E-state index is -0.414. The standard InChI is InChI=1S/C20H16ClN3O3S/c1-12-8-9-13(22-19(26)17-7-4-10-27-17)11-16(12)23-20(28)24-18(25)14-5-2-3-6-15(14)21/h2-11H,1H3,(H,22,26)(H2,23,24,25,28). The number of aryl methyl sites for hydroxylation is 1. The summed E-state index contributed by atoms with van der Waals surface area (Å²) in [4.78, 5) is 24.4. The molecule has 0 bridgehead atoms. The van der Waals surface area contributed by atoms with E-state index in [0.29, 0.717) is 22.0 Å². The minimum absolute atomic E-state index is 0.113. The third-order valence-electron chi connectivity index (χ3n) is 3.83. The van der Waals surface area contributed by atoms with E-state index in [2.05, 4.69) is 16.0 Å². The Hall–Kier alpha value is -3.16. The number of furan rings is 1. The second kappa shape index (κ2) is 8.69. The molecule has 0 aliphatic rings. The highest BCUT2D eigenvalue weighted by atomic mass is 35.5. The van der Waals surface area contributed by atoms with E-state index in [1.165, 1.54) is 6.26 Å². The average Bonchev–Trinajstić information content (AvgIpc) is 3.19. The van der Waals surface area contributed by atoms with Crippen LogP contribution in [0.2, 0.25) is 5.02 Å². The molecule has 28 heavy (non-hydrogen) atoms. The van der Waals surface area contributed by atoms with E-state index < -0.39 is 5.91 Å². The Kier molecular flexibility index (Phi) is 6.08. The molecular weight excluding hydrogens is 398 g/mol. The molecule has 0 spiro atoms. The van der Waals surface area contributed by atoms with Crippen molar-refractivity contribution >= 4 is 52.1 Å². The molecule has 2 aromatic carbocycles. The van der Waals surface area contributed by atoms with Crippen LogP contribution in [-0.2, 0) is 0 Å². The van der Waals surface area contributed by atoms with Crippen LogP contribution >= 0.6 is 23.8 Å². The highest BCUT2D eigenvalue weighted by Gasteiger charge is 2.13. The first-order chi connectivity index (χ1) is 13.4. The Morgan fingerprint density at radius 2 is 1.79 bits per heavy atom. The highest BCUT2D eigenvalue weighted by Crippen LogP contribution is 2.21. The Morgan fingerprint density at radius 3 is 2.50 bits per heavy atom. The maximum Gasteiger partial charge on any atom is 0.291 e. The van der Waals surface area contributed by atoms with Gasteiger partial charge in [0.05, 0.1) is 16.8 Å². The summed E-state index contributed by atoms with van der Waals surface area (Å²) in [6.45, 7) is 1.87. The molecule has 8 heteroatoms. The van der Waals surface area contributed by atoms with E-state index in [0.717, 1.165) is 5.56 Å². The molecule has 0 unspecified atom stereocenters. The maximum atomic E-state index is 12.3. The number of benzene rings is 2. The molecule has 0 aliphatic heterocycles. The number of thiocarbonyl (C=S) groups is 1. The first-order valence-corrected chi connectivity index (χ1v) is 9.05. The van der Waals surface area contributed by atoms with Gasteiger partial charge in [0.1, 0.15) is 0 Å². The topological polar surface area (TPSA) is 83.4 Å². The number of amides is 2. The van der Waals surface area contributed by atoms with Crippen molar-refractivity contribution in [1.82, 2.24) is 5.32 Å². The molecule has 1 aromatic heterocycles. The Labute approximate surface area is 171 Å². The normalized spacial score (nSPS) is 10.2. The van der Waals surface area contributed by atoms with Gasteiger partial charge in [-0.15, -0.1) is 0 Å². The highest BCUT2D eigenvalue weighted by molar-refractivity contribution is 7.80. The van der Waals surface area contributed by atoms with Gasteiger partial charge in [-0.1, -0.05) is 29.8 Å². The number of halogens is 1.